The number of methoxy groups -OCH3 is 2. The first-order valence-electron chi connectivity index (χ1n) is 10.7. The Kier molecular flexibility index (Phi) is 7.68. The largest absolute Gasteiger partial charge is 0.493 e. The van der Waals surface area contributed by atoms with Crippen LogP contribution >= 0.6 is 0 Å². The lowest BCUT2D eigenvalue weighted by atomic mass is 9.98. The molecular weight excluding hydrogens is 382 g/mol. The quantitative estimate of drug-likeness (QED) is 0.678. The van der Waals surface area contributed by atoms with Gasteiger partial charge in [0.2, 0.25) is 0 Å². The van der Waals surface area contributed by atoms with E-state index in [0.29, 0.717) is 11.7 Å². The molecule has 1 aromatic carbocycles. The van der Waals surface area contributed by atoms with Crippen molar-refractivity contribution in [2.75, 3.05) is 20.8 Å². The van der Waals surface area contributed by atoms with Gasteiger partial charge in [0.05, 0.1) is 20.4 Å². The number of carbonyl (C=O) groups excluding carboxylic acids is 1. The fraction of sp³-hybridized carbons (Fsp3) is 0.591. The van der Waals surface area contributed by atoms with Crippen molar-refractivity contribution in [2.45, 2.75) is 64.7 Å². The summed E-state index contributed by atoms with van der Waals surface area (Å²) in [5.41, 5.74) is 1.50. The van der Waals surface area contributed by atoms with Crippen LogP contribution in [0.1, 0.15) is 55.6 Å². The van der Waals surface area contributed by atoms with Crippen molar-refractivity contribution in [3.05, 3.63) is 35.7 Å². The topological polar surface area (TPSA) is 81.5 Å². The van der Waals surface area contributed by atoms with Crippen molar-refractivity contribution in [3.63, 3.8) is 0 Å². The smallest absolute Gasteiger partial charge is 0.273 e. The van der Waals surface area contributed by atoms with Gasteiger partial charge in [0.15, 0.2) is 17.2 Å². The number of ether oxygens (including phenoxy) is 2. The molecule has 164 valence electrons. The molecule has 1 amide bonds. The Bertz CT molecular complexity index is 836. The zero-order chi connectivity index (χ0) is 21.5. The van der Waals surface area contributed by atoms with Crippen LogP contribution in [0.5, 0.6) is 11.5 Å². The van der Waals surface area contributed by atoms with Gasteiger partial charge in [-0.05, 0) is 45.7 Å². The van der Waals surface area contributed by atoms with Crippen molar-refractivity contribution < 1.29 is 14.3 Å². The molecule has 0 spiro atoms. The highest BCUT2D eigenvalue weighted by molar-refractivity contribution is 5.91. The lowest BCUT2D eigenvalue weighted by Crippen LogP contribution is -2.39. The maximum absolute atomic E-state index is 12.1. The molecule has 1 aliphatic heterocycles. The van der Waals surface area contributed by atoms with E-state index in [1.54, 1.807) is 25.1 Å². The minimum atomic E-state index is -0.180. The molecule has 1 N–H and O–H groups in total. The number of rotatable bonds is 9. The molecule has 30 heavy (non-hydrogen) atoms. The molecule has 2 aromatic rings. The van der Waals surface area contributed by atoms with Crippen LogP contribution in [0, 0.1) is 0 Å². The molecule has 1 aliphatic rings. The summed E-state index contributed by atoms with van der Waals surface area (Å²) in [4.78, 5) is 14.6. The minimum absolute atomic E-state index is 0.0760. The van der Waals surface area contributed by atoms with Gasteiger partial charge in [0.1, 0.15) is 0 Å². The SMILES string of the molecule is COc1cccc(CN2CCCCC2CCn2cc(C(=O)NC(C)C)nn2)c1OC. The van der Waals surface area contributed by atoms with E-state index in [4.69, 9.17) is 9.47 Å². The van der Waals surface area contributed by atoms with Gasteiger partial charge in [0, 0.05) is 30.7 Å². The third-order valence-corrected chi connectivity index (χ3v) is 5.49. The fourth-order valence-electron chi connectivity index (χ4n) is 4.02. The zero-order valence-corrected chi connectivity index (χ0v) is 18.4. The molecule has 8 heteroatoms. The Morgan fingerprint density at radius 1 is 1.27 bits per heavy atom. The van der Waals surface area contributed by atoms with Crippen LogP contribution in [0.25, 0.3) is 0 Å². The number of nitrogens with one attached hydrogen (secondary N) is 1. The van der Waals surface area contributed by atoms with E-state index in [1.165, 1.54) is 12.8 Å². The Balaban J connectivity index is 1.63. The Labute approximate surface area is 178 Å². The lowest BCUT2D eigenvalue weighted by Gasteiger charge is -2.36. The first-order valence-corrected chi connectivity index (χ1v) is 10.7. The zero-order valence-electron chi connectivity index (χ0n) is 18.4. The molecule has 1 atom stereocenters. The van der Waals surface area contributed by atoms with Gasteiger partial charge in [-0.3, -0.25) is 14.4 Å². The monoisotopic (exact) mass is 415 g/mol. The summed E-state index contributed by atoms with van der Waals surface area (Å²) in [6.45, 7) is 6.47. The summed E-state index contributed by atoms with van der Waals surface area (Å²) in [6.07, 6.45) is 6.28. The average molecular weight is 416 g/mol. The first-order chi connectivity index (χ1) is 14.5. The lowest BCUT2D eigenvalue weighted by molar-refractivity contribution is 0.0938. The maximum Gasteiger partial charge on any atom is 0.273 e. The van der Waals surface area contributed by atoms with E-state index in [2.05, 4.69) is 26.6 Å². The molecule has 8 nitrogen and oxygen atoms in total. The molecule has 3 rings (SSSR count). The number of aromatic nitrogens is 3. The number of likely N-dealkylation sites (tertiary alicyclic amines) is 1. The molecule has 1 saturated heterocycles. The third-order valence-electron chi connectivity index (χ3n) is 5.49. The van der Waals surface area contributed by atoms with Gasteiger partial charge in [-0.15, -0.1) is 5.10 Å². The summed E-state index contributed by atoms with van der Waals surface area (Å²) in [7, 11) is 3.35. The second-order valence-electron chi connectivity index (χ2n) is 8.06. The van der Waals surface area contributed by atoms with E-state index >= 15 is 0 Å². The van der Waals surface area contributed by atoms with Crippen LogP contribution in [0.3, 0.4) is 0 Å². The number of benzene rings is 1. The molecule has 0 bridgehead atoms. The van der Waals surface area contributed by atoms with E-state index in [-0.39, 0.29) is 11.9 Å². The van der Waals surface area contributed by atoms with Crippen LogP contribution in [0.4, 0.5) is 0 Å². The van der Waals surface area contributed by atoms with Gasteiger partial charge in [-0.2, -0.15) is 0 Å². The average Bonchev–Trinajstić information content (AvgIpc) is 3.21. The summed E-state index contributed by atoms with van der Waals surface area (Å²) < 4.78 is 12.8. The predicted octanol–water partition coefficient (Wildman–Crippen LogP) is 2.88. The molecular formula is C22H33N5O3. The number of carbonyl (C=O) groups is 1. The van der Waals surface area contributed by atoms with Gasteiger partial charge in [-0.1, -0.05) is 23.8 Å². The van der Waals surface area contributed by atoms with Crippen LogP contribution in [-0.2, 0) is 13.1 Å². The van der Waals surface area contributed by atoms with Crippen LogP contribution in [-0.4, -0.2) is 58.6 Å². The van der Waals surface area contributed by atoms with Crippen LogP contribution < -0.4 is 14.8 Å². The van der Waals surface area contributed by atoms with Crippen LogP contribution in [0.15, 0.2) is 24.4 Å². The summed E-state index contributed by atoms with van der Waals surface area (Å²) >= 11 is 0. The number of amides is 1. The Morgan fingerprint density at radius 2 is 2.10 bits per heavy atom. The highest BCUT2D eigenvalue weighted by atomic mass is 16.5. The molecule has 0 radical (unpaired) electrons. The fourth-order valence-corrected chi connectivity index (χ4v) is 4.02. The number of piperidine rings is 1. The van der Waals surface area contributed by atoms with Crippen molar-refractivity contribution in [3.8, 4) is 11.5 Å². The van der Waals surface area contributed by atoms with Gasteiger partial charge >= 0.3 is 0 Å². The Hall–Kier alpha value is -2.61. The van der Waals surface area contributed by atoms with Gasteiger partial charge < -0.3 is 14.8 Å². The molecule has 1 aromatic heterocycles. The van der Waals surface area contributed by atoms with E-state index in [9.17, 15) is 4.79 Å². The van der Waals surface area contributed by atoms with Crippen LogP contribution in [0.2, 0.25) is 0 Å². The molecule has 2 heterocycles. The second kappa shape index (κ2) is 10.4. The summed E-state index contributed by atoms with van der Waals surface area (Å²) in [5, 5.41) is 11.0. The maximum atomic E-state index is 12.1. The van der Waals surface area contributed by atoms with E-state index < -0.39 is 0 Å². The molecule has 1 fully saturated rings. The molecule has 0 aliphatic carbocycles. The molecule has 1 unspecified atom stereocenters. The predicted molar refractivity (Wildman–Crippen MR) is 115 cm³/mol. The highest BCUT2D eigenvalue weighted by Gasteiger charge is 2.24. The third kappa shape index (κ3) is 5.50. The number of hydrogen-bond acceptors (Lipinski definition) is 6. The minimum Gasteiger partial charge on any atom is -0.493 e. The second-order valence-corrected chi connectivity index (χ2v) is 8.06. The summed E-state index contributed by atoms with van der Waals surface area (Å²) in [6, 6.07) is 6.56. The Morgan fingerprint density at radius 3 is 2.83 bits per heavy atom. The van der Waals surface area contributed by atoms with Gasteiger partial charge in [0.25, 0.3) is 5.91 Å². The van der Waals surface area contributed by atoms with Crippen molar-refractivity contribution in [1.82, 2.24) is 25.2 Å². The van der Waals surface area contributed by atoms with E-state index in [1.807, 2.05) is 26.0 Å². The standard InChI is InChI=1S/C22H33N5O3/c1-16(2)23-22(28)19-15-27(25-24-19)13-11-18-9-5-6-12-26(18)14-17-8-7-10-20(29-3)21(17)30-4/h7-8,10,15-16,18H,5-6,9,11-14H2,1-4H3,(H,23,28). The van der Waals surface area contributed by atoms with E-state index in [0.717, 1.165) is 49.5 Å². The van der Waals surface area contributed by atoms with Gasteiger partial charge in [-0.25, -0.2) is 0 Å². The number of para-hydroxylation sites is 1. The highest BCUT2D eigenvalue weighted by Crippen LogP contribution is 2.33. The molecule has 0 saturated carbocycles. The number of aryl methyl sites for hydroxylation is 1. The van der Waals surface area contributed by atoms with Crippen molar-refractivity contribution in [2.24, 2.45) is 0 Å². The summed E-state index contributed by atoms with van der Waals surface area (Å²) in [5.74, 6) is 1.39. The first kappa shape index (κ1) is 22.1. The van der Waals surface area contributed by atoms with Crippen molar-refractivity contribution in [1.29, 1.82) is 0 Å². The van der Waals surface area contributed by atoms with Crippen molar-refractivity contribution >= 4 is 5.91 Å². The number of nitrogens with zero attached hydrogens (tertiary/aromatic N) is 4. The number of hydrogen-bond donors (Lipinski definition) is 1. The normalized spacial score (nSPS) is 17.2.